The van der Waals surface area contributed by atoms with Crippen molar-refractivity contribution in [3.8, 4) is 6.07 Å². The number of nitriles is 1. The van der Waals surface area contributed by atoms with Crippen LogP contribution in [0.1, 0.15) is 27.2 Å². The van der Waals surface area contributed by atoms with E-state index in [1.54, 1.807) is 11.8 Å². The van der Waals surface area contributed by atoms with Crippen molar-refractivity contribution in [3.05, 3.63) is 0 Å². The van der Waals surface area contributed by atoms with Crippen LogP contribution in [0.2, 0.25) is 0 Å². The molecule has 0 saturated carbocycles. The van der Waals surface area contributed by atoms with Crippen molar-refractivity contribution in [1.82, 2.24) is 10.2 Å². The summed E-state index contributed by atoms with van der Waals surface area (Å²) in [7, 11) is 1.27. The summed E-state index contributed by atoms with van der Waals surface area (Å²) in [5, 5.41) is 21.5. The second kappa shape index (κ2) is 6.87. The van der Waals surface area contributed by atoms with Crippen molar-refractivity contribution in [2.45, 2.75) is 44.9 Å². The predicted molar refractivity (Wildman–Crippen MR) is 75.0 cm³/mol. The summed E-state index contributed by atoms with van der Waals surface area (Å²) in [5.41, 5.74) is -0.962. The van der Waals surface area contributed by atoms with Crippen LogP contribution in [0.3, 0.4) is 0 Å². The van der Waals surface area contributed by atoms with Gasteiger partial charge in [-0.05, 0) is 12.8 Å². The van der Waals surface area contributed by atoms with E-state index in [-0.39, 0.29) is 31.3 Å². The molecular formula is C14H23N3O4. The van der Waals surface area contributed by atoms with Crippen molar-refractivity contribution < 1.29 is 19.4 Å². The van der Waals surface area contributed by atoms with Gasteiger partial charge in [0.15, 0.2) is 0 Å². The van der Waals surface area contributed by atoms with Crippen molar-refractivity contribution in [2.75, 3.05) is 20.2 Å². The highest BCUT2D eigenvalue weighted by Gasteiger charge is 2.38. The molecule has 0 aliphatic carbocycles. The number of nitrogens with one attached hydrogen (secondary N) is 1. The lowest BCUT2D eigenvalue weighted by Gasteiger charge is -2.29. The van der Waals surface area contributed by atoms with Crippen LogP contribution in [0.4, 0.5) is 0 Å². The van der Waals surface area contributed by atoms with Gasteiger partial charge in [-0.1, -0.05) is 13.8 Å². The standard InChI is InChI=1S/C14H23N3O4/c1-9(2)14(3,8-15)16-12(19)7-17-6-10(18)5-11(17)13(20)21-4/h9-11,18H,5-7H2,1-4H3,(H,16,19)/t10-,11+,14+/m1/s1. The molecule has 1 fully saturated rings. The molecule has 1 aliphatic heterocycles. The minimum atomic E-state index is -0.962. The summed E-state index contributed by atoms with van der Waals surface area (Å²) in [6.07, 6.45) is -0.408. The molecule has 7 nitrogen and oxygen atoms in total. The molecule has 0 bridgehead atoms. The maximum Gasteiger partial charge on any atom is 0.323 e. The number of carbonyl (C=O) groups is 2. The SMILES string of the molecule is COC(=O)[C@@H]1C[C@@H](O)CN1CC(=O)N[C@@](C)(C#N)C(C)C. The summed E-state index contributed by atoms with van der Waals surface area (Å²) in [4.78, 5) is 25.3. The van der Waals surface area contributed by atoms with Crippen LogP contribution in [-0.2, 0) is 14.3 Å². The summed E-state index contributed by atoms with van der Waals surface area (Å²) < 4.78 is 4.68. The summed E-state index contributed by atoms with van der Waals surface area (Å²) >= 11 is 0. The average molecular weight is 297 g/mol. The van der Waals surface area contributed by atoms with Gasteiger partial charge in [0, 0.05) is 13.0 Å². The predicted octanol–water partition coefficient (Wildman–Crippen LogP) is -0.351. The van der Waals surface area contributed by atoms with Gasteiger partial charge in [0.25, 0.3) is 0 Å². The van der Waals surface area contributed by atoms with E-state index in [1.807, 2.05) is 13.8 Å². The third kappa shape index (κ3) is 4.16. The van der Waals surface area contributed by atoms with Crippen molar-refractivity contribution in [3.63, 3.8) is 0 Å². The van der Waals surface area contributed by atoms with Gasteiger partial charge in [-0.3, -0.25) is 14.5 Å². The lowest BCUT2D eigenvalue weighted by atomic mass is 9.90. The molecule has 118 valence electrons. The highest BCUT2D eigenvalue weighted by Crippen LogP contribution is 2.19. The molecule has 1 amide bonds. The number of β-amino-alcohol motifs (C(OH)–C–C–N with tert-alkyl or cyclic N) is 1. The molecular weight excluding hydrogens is 274 g/mol. The van der Waals surface area contributed by atoms with E-state index in [4.69, 9.17) is 0 Å². The van der Waals surface area contributed by atoms with Gasteiger partial charge in [0.05, 0.1) is 25.8 Å². The van der Waals surface area contributed by atoms with Gasteiger partial charge in [0.2, 0.25) is 5.91 Å². The van der Waals surface area contributed by atoms with E-state index in [1.165, 1.54) is 7.11 Å². The molecule has 1 rings (SSSR count). The first kappa shape index (κ1) is 17.4. The van der Waals surface area contributed by atoms with E-state index in [2.05, 4.69) is 16.1 Å². The van der Waals surface area contributed by atoms with E-state index in [0.29, 0.717) is 0 Å². The third-order valence-electron chi connectivity index (χ3n) is 3.99. The zero-order chi connectivity index (χ0) is 16.2. The number of aliphatic hydroxyl groups excluding tert-OH is 1. The molecule has 0 aromatic rings. The van der Waals surface area contributed by atoms with Crippen molar-refractivity contribution >= 4 is 11.9 Å². The van der Waals surface area contributed by atoms with E-state index < -0.39 is 23.7 Å². The van der Waals surface area contributed by atoms with E-state index in [9.17, 15) is 20.0 Å². The minimum Gasteiger partial charge on any atom is -0.468 e. The fourth-order valence-electron chi connectivity index (χ4n) is 2.25. The lowest BCUT2D eigenvalue weighted by molar-refractivity contribution is -0.146. The van der Waals surface area contributed by atoms with E-state index >= 15 is 0 Å². The Morgan fingerprint density at radius 2 is 2.19 bits per heavy atom. The molecule has 2 N–H and O–H groups in total. The Morgan fingerprint density at radius 1 is 1.57 bits per heavy atom. The van der Waals surface area contributed by atoms with Crippen molar-refractivity contribution in [1.29, 1.82) is 5.26 Å². The fourth-order valence-corrected chi connectivity index (χ4v) is 2.25. The number of hydrogen-bond donors (Lipinski definition) is 2. The van der Waals surface area contributed by atoms with E-state index in [0.717, 1.165) is 0 Å². The normalized spacial score (nSPS) is 25.2. The molecule has 21 heavy (non-hydrogen) atoms. The number of rotatable bonds is 5. The van der Waals surface area contributed by atoms with Crippen LogP contribution in [0.25, 0.3) is 0 Å². The van der Waals surface area contributed by atoms with Crippen LogP contribution >= 0.6 is 0 Å². The number of amides is 1. The molecule has 1 aliphatic rings. The summed E-state index contributed by atoms with van der Waals surface area (Å²) in [5.74, 6) is -0.867. The molecule has 3 atom stereocenters. The zero-order valence-electron chi connectivity index (χ0n) is 12.9. The van der Waals surface area contributed by atoms with Crippen LogP contribution in [-0.4, -0.2) is 59.8 Å². The molecule has 0 spiro atoms. The van der Waals surface area contributed by atoms with Gasteiger partial charge in [-0.25, -0.2) is 0 Å². The Morgan fingerprint density at radius 3 is 2.67 bits per heavy atom. The largest absolute Gasteiger partial charge is 0.468 e. The Bertz CT molecular complexity index is 446. The topological polar surface area (TPSA) is 103 Å². The zero-order valence-corrected chi connectivity index (χ0v) is 12.9. The number of hydrogen-bond acceptors (Lipinski definition) is 6. The molecule has 7 heteroatoms. The van der Waals surface area contributed by atoms with Crippen LogP contribution in [0.15, 0.2) is 0 Å². The van der Waals surface area contributed by atoms with Gasteiger partial charge in [0.1, 0.15) is 11.6 Å². The van der Waals surface area contributed by atoms with Crippen LogP contribution in [0.5, 0.6) is 0 Å². The number of esters is 1. The first-order chi connectivity index (χ1) is 9.73. The average Bonchev–Trinajstić information content (AvgIpc) is 2.77. The first-order valence-electron chi connectivity index (χ1n) is 6.95. The monoisotopic (exact) mass is 297 g/mol. The number of methoxy groups -OCH3 is 1. The molecule has 0 aromatic heterocycles. The maximum absolute atomic E-state index is 12.1. The number of nitrogens with zero attached hydrogens (tertiary/aromatic N) is 2. The Hall–Kier alpha value is -1.65. The lowest BCUT2D eigenvalue weighted by Crippen LogP contribution is -2.53. The first-order valence-corrected chi connectivity index (χ1v) is 6.95. The quantitative estimate of drug-likeness (QED) is 0.672. The second-order valence-electron chi connectivity index (χ2n) is 5.87. The van der Waals surface area contributed by atoms with Gasteiger partial charge in [-0.15, -0.1) is 0 Å². The number of likely N-dealkylation sites (tertiary alicyclic amines) is 1. The summed E-state index contributed by atoms with van der Waals surface area (Å²) in [6, 6.07) is 1.47. The highest BCUT2D eigenvalue weighted by atomic mass is 16.5. The van der Waals surface area contributed by atoms with Gasteiger partial charge in [-0.2, -0.15) is 5.26 Å². The van der Waals surface area contributed by atoms with Gasteiger partial charge >= 0.3 is 5.97 Å². The minimum absolute atomic E-state index is 0.0491. The Labute approximate surface area is 124 Å². The smallest absolute Gasteiger partial charge is 0.323 e. The highest BCUT2D eigenvalue weighted by molar-refractivity contribution is 5.81. The number of carbonyl (C=O) groups excluding carboxylic acids is 2. The Kier molecular flexibility index (Phi) is 5.70. The third-order valence-corrected chi connectivity index (χ3v) is 3.99. The number of ether oxygens (including phenoxy) is 1. The maximum atomic E-state index is 12.1. The van der Waals surface area contributed by atoms with Crippen molar-refractivity contribution in [2.24, 2.45) is 5.92 Å². The molecule has 0 radical (unpaired) electrons. The summed E-state index contributed by atoms with van der Waals surface area (Å²) in [6.45, 7) is 5.53. The van der Waals surface area contributed by atoms with Crippen LogP contribution < -0.4 is 5.32 Å². The molecule has 0 aromatic carbocycles. The van der Waals surface area contributed by atoms with Crippen LogP contribution in [0, 0.1) is 17.2 Å². The molecule has 0 unspecified atom stereocenters. The molecule has 1 saturated heterocycles. The Balaban J connectivity index is 2.69. The molecule has 1 heterocycles. The second-order valence-corrected chi connectivity index (χ2v) is 5.87. The van der Waals surface area contributed by atoms with Gasteiger partial charge < -0.3 is 15.2 Å². The fraction of sp³-hybridized carbons (Fsp3) is 0.786. The number of aliphatic hydroxyl groups is 1.